The minimum Gasteiger partial charge on any atom is -0.483 e. The third-order valence-electron chi connectivity index (χ3n) is 3.18. The molecule has 0 radical (unpaired) electrons. The van der Waals surface area contributed by atoms with Gasteiger partial charge in [0.2, 0.25) is 0 Å². The van der Waals surface area contributed by atoms with E-state index in [0.29, 0.717) is 10.8 Å². The van der Waals surface area contributed by atoms with Crippen LogP contribution in [0, 0.1) is 6.92 Å². The molecule has 1 N–H and O–H groups in total. The van der Waals surface area contributed by atoms with Crippen molar-refractivity contribution in [2.24, 2.45) is 5.10 Å². The number of hydrazone groups is 1. The summed E-state index contributed by atoms with van der Waals surface area (Å²) in [6, 6.07) is 15.4. The van der Waals surface area contributed by atoms with Crippen LogP contribution in [0.4, 0.5) is 0 Å². The van der Waals surface area contributed by atoms with E-state index in [9.17, 15) is 4.79 Å². The van der Waals surface area contributed by atoms with Gasteiger partial charge in [-0.15, -0.1) is 0 Å². The fourth-order valence-electron chi connectivity index (χ4n) is 2.01. The van der Waals surface area contributed by atoms with Crippen molar-refractivity contribution in [3.8, 4) is 5.75 Å². The molecule has 2 aromatic rings. The van der Waals surface area contributed by atoms with E-state index in [1.165, 1.54) is 5.56 Å². The molecule has 1 amide bonds. The van der Waals surface area contributed by atoms with Gasteiger partial charge in [-0.3, -0.25) is 4.79 Å². The lowest BCUT2D eigenvalue weighted by Gasteiger charge is -2.08. The second-order valence-electron chi connectivity index (χ2n) is 5.07. The minimum atomic E-state index is -0.296. The topological polar surface area (TPSA) is 50.7 Å². The zero-order chi connectivity index (χ0) is 16.5. The number of halogens is 1. The average Bonchev–Trinajstić information content (AvgIpc) is 2.54. The molecule has 0 bridgehead atoms. The van der Waals surface area contributed by atoms with Crippen LogP contribution in [0.3, 0.4) is 0 Å². The van der Waals surface area contributed by atoms with Gasteiger partial charge in [0.05, 0.1) is 0 Å². The van der Waals surface area contributed by atoms with Crippen molar-refractivity contribution in [1.82, 2.24) is 5.43 Å². The molecule has 5 heteroatoms. The first-order valence-corrected chi connectivity index (χ1v) is 7.76. The van der Waals surface area contributed by atoms with Crippen molar-refractivity contribution in [3.05, 3.63) is 64.7 Å². The number of nitrogens with zero attached hydrogens (tertiary/aromatic N) is 1. The van der Waals surface area contributed by atoms with E-state index < -0.39 is 0 Å². The highest BCUT2D eigenvalue weighted by Crippen LogP contribution is 2.21. The normalized spacial score (nSPS) is 10.7. The smallest absolute Gasteiger partial charge is 0.277 e. The van der Waals surface area contributed by atoms with E-state index >= 15 is 0 Å². The van der Waals surface area contributed by atoms with Crippen LogP contribution in [0.5, 0.6) is 5.75 Å². The van der Waals surface area contributed by atoms with Gasteiger partial charge >= 0.3 is 0 Å². The maximum Gasteiger partial charge on any atom is 0.277 e. The molecule has 2 rings (SSSR count). The van der Waals surface area contributed by atoms with E-state index in [-0.39, 0.29) is 12.5 Å². The van der Waals surface area contributed by atoms with Crippen LogP contribution < -0.4 is 10.2 Å². The average molecular weight is 331 g/mol. The van der Waals surface area contributed by atoms with Gasteiger partial charge in [-0.1, -0.05) is 41.9 Å². The highest BCUT2D eigenvalue weighted by atomic mass is 35.5. The zero-order valence-electron chi connectivity index (χ0n) is 13.0. The van der Waals surface area contributed by atoms with Gasteiger partial charge in [0.15, 0.2) is 6.61 Å². The molecule has 0 fully saturated rings. The molecule has 0 aliphatic heterocycles. The molecule has 0 spiro atoms. The third-order valence-corrected chi connectivity index (χ3v) is 3.42. The minimum absolute atomic E-state index is 0.0848. The lowest BCUT2D eigenvalue weighted by Crippen LogP contribution is -2.24. The summed E-state index contributed by atoms with van der Waals surface area (Å²) in [6.45, 7) is 1.79. The third kappa shape index (κ3) is 6.12. The summed E-state index contributed by atoms with van der Waals surface area (Å²) in [7, 11) is 0. The Labute approximate surface area is 141 Å². The summed E-state index contributed by atoms with van der Waals surface area (Å²) in [5, 5.41) is 4.55. The molecule has 0 saturated carbocycles. The van der Waals surface area contributed by atoms with Gasteiger partial charge in [-0.25, -0.2) is 5.43 Å². The zero-order valence-corrected chi connectivity index (χ0v) is 13.7. The summed E-state index contributed by atoms with van der Waals surface area (Å²) < 4.78 is 5.44. The van der Waals surface area contributed by atoms with Crippen molar-refractivity contribution in [2.45, 2.75) is 19.8 Å². The van der Waals surface area contributed by atoms with Crippen LogP contribution in [0.15, 0.2) is 53.6 Å². The summed E-state index contributed by atoms with van der Waals surface area (Å²) in [6.07, 6.45) is 3.35. The monoisotopic (exact) mass is 330 g/mol. The summed E-state index contributed by atoms with van der Waals surface area (Å²) >= 11 is 5.87. The number of aryl methyl sites for hydroxylation is 2. The number of rotatable bonds is 7. The highest BCUT2D eigenvalue weighted by molar-refractivity contribution is 6.30. The van der Waals surface area contributed by atoms with Crippen LogP contribution >= 0.6 is 11.6 Å². The van der Waals surface area contributed by atoms with Gasteiger partial charge in [0.1, 0.15) is 5.75 Å². The lowest BCUT2D eigenvalue weighted by atomic mass is 10.1. The SMILES string of the molecule is Cc1cc(Cl)ccc1OCC(=O)NN=CCCc1ccccc1. The van der Waals surface area contributed by atoms with Gasteiger partial charge in [0.25, 0.3) is 5.91 Å². The van der Waals surface area contributed by atoms with E-state index in [0.717, 1.165) is 18.4 Å². The Kier molecular flexibility index (Phi) is 6.63. The van der Waals surface area contributed by atoms with Crippen molar-refractivity contribution in [2.75, 3.05) is 6.61 Å². The second kappa shape index (κ2) is 8.96. The van der Waals surface area contributed by atoms with Crippen molar-refractivity contribution in [3.63, 3.8) is 0 Å². The first-order chi connectivity index (χ1) is 11.1. The molecule has 2 aromatic carbocycles. The Morgan fingerprint density at radius 3 is 2.78 bits per heavy atom. The van der Waals surface area contributed by atoms with Crippen LogP contribution in [0.2, 0.25) is 5.02 Å². The van der Waals surface area contributed by atoms with Crippen LogP contribution in [0.25, 0.3) is 0 Å². The van der Waals surface area contributed by atoms with Gasteiger partial charge in [-0.05, 0) is 49.1 Å². The predicted molar refractivity (Wildman–Crippen MR) is 93.1 cm³/mol. The van der Waals surface area contributed by atoms with E-state index in [1.807, 2.05) is 25.1 Å². The lowest BCUT2D eigenvalue weighted by molar-refractivity contribution is -0.123. The van der Waals surface area contributed by atoms with Crippen molar-refractivity contribution < 1.29 is 9.53 Å². The summed E-state index contributed by atoms with van der Waals surface area (Å²) in [5.41, 5.74) is 4.58. The molecule has 0 unspecified atom stereocenters. The number of hydrogen-bond donors (Lipinski definition) is 1. The van der Waals surface area contributed by atoms with Crippen LogP contribution in [-0.2, 0) is 11.2 Å². The fraction of sp³-hybridized carbons (Fsp3) is 0.222. The summed E-state index contributed by atoms with van der Waals surface area (Å²) in [4.78, 5) is 11.7. The Morgan fingerprint density at radius 1 is 1.26 bits per heavy atom. The molecule has 0 heterocycles. The molecule has 23 heavy (non-hydrogen) atoms. The van der Waals surface area contributed by atoms with E-state index in [4.69, 9.17) is 16.3 Å². The fourth-order valence-corrected chi connectivity index (χ4v) is 2.24. The number of carbonyl (C=O) groups excluding carboxylic acids is 1. The molecule has 4 nitrogen and oxygen atoms in total. The Balaban J connectivity index is 1.67. The quantitative estimate of drug-likeness (QED) is 0.620. The second-order valence-corrected chi connectivity index (χ2v) is 5.51. The number of nitrogens with one attached hydrogen (secondary N) is 1. The highest BCUT2D eigenvalue weighted by Gasteiger charge is 2.04. The van der Waals surface area contributed by atoms with E-state index in [1.54, 1.807) is 24.4 Å². The first-order valence-electron chi connectivity index (χ1n) is 7.38. The maximum atomic E-state index is 11.7. The van der Waals surface area contributed by atoms with Crippen LogP contribution in [-0.4, -0.2) is 18.7 Å². The van der Waals surface area contributed by atoms with Crippen LogP contribution in [0.1, 0.15) is 17.5 Å². The maximum absolute atomic E-state index is 11.7. The van der Waals surface area contributed by atoms with Gasteiger partial charge in [-0.2, -0.15) is 5.10 Å². The van der Waals surface area contributed by atoms with Crippen molar-refractivity contribution >= 4 is 23.7 Å². The molecule has 0 atom stereocenters. The molecule has 0 aromatic heterocycles. The van der Waals surface area contributed by atoms with Crippen molar-refractivity contribution in [1.29, 1.82) is 0 Å². The number of hydrogen-bond acceptors (Lipinski definition) is 3. The molecular formula is C18H19ClN2O2. The Morgan fingerprint density at radius 2 is 2.04 bits per heavy atom. The van der Waals surface area contributed by atoms with Gasteiger partial charge in [0, 0.05) is 11.2 Å². The number of carbonyl (C=O) groups is 1. The van der Waals surface area contributed by atoms with Gasteiger partial charge < -0.3 is 4.74 Å². The first kappa shape index (κ1) is 17.0. The number of benzene rings is 2. The molecule has 0 aliphatic rings. The van der Waals surface area contributed by atoms with E-state index in [2.05, 4.69) is 22.7 Å². The summed E-state index contributed by atoms with van der Waals surface area (Å²) in [5.74, 6) is 0.341. The Hall–Kier alpha value is -2.33. The Bertz CT molecular complexity index is 672. The standard InChI is InChI=1S/C18H19ClN2O2/c1-14-12-16(19)9-10-17(14)23-13-18(22)21-20-11-5-8-15-6-3-2-4-7-15/h2-4,6-7,9-12H,5,8,13H2,1H3,(H,21,22). The molecule has 120 valence electrons. The molecular weight excluding hydrogens is 312 g/mol. The molecule has 0 aliphatic carbocycles. The predicted octanol–water partition coefficient (Wildman–Crippen LogP) is 3.76. The molecule has 0 saturated heterocycles. The number of ether oxygens (including phenoxy) is 1. The number of amides is 1. The largest absolute Gasteiger partial charge is 0.483 e.